The molecule has 2 heterocycles. The third-order valence-electron chi connectivity index (χ3n) is 4.50. The second-order valence-electron chi connectivity index (χ2n) is 6.15. The molecule has 0 bridgehead atoms. The van der Waals surface area contributed by atoms with Crippen molar-refractivity contribution >= 4 is 22.8 Å². The van der Waals surface area contributed by atoms with E-state index in [0.717, 1.165) is 11.0 Å². The Labute approximate surface area is 145 Å². The van der Waals surface area contributed by atoms with Crippen LogP contribution in [0.4, 0.5) is 0 Å². The Morgan fingerprint density at radius 2 is 2.32 bits per heavy atom. The molecule has 0 aliphatic carbocycles. The molecular weight excluding hydrogens is 324 g/mol. The third-order valence-corrected chi connectivity index (χ3v) is 4.50. The fourth-order valence-electron chi connectivity index (χ4n) is 3.01. The number of imidazole rings is 1. The minimum atomic E-state index is -0.857. The summed E-state index contributed by atoms with van der Waals surface area (Å²) in [6.45, 7) is 1.40. The van der Waals surface area contributed by atoms with E-state index in [1.165, 1.54) is 7.11 Å². The number of amides is 2. The average molecular weight is 346 g/mol. The first-order valence-electron chi connectivity index (χ1n) is 8.13. The van der Waals surface area contributed by atoms with Crippen LogP contribution in [-0.2, 0) is 14.3 Å². The van der Waals surface area contributed by atoms with Gasteiger partial charge in [0, 0.05) is 26.3 Å². The third kappa shape index (κ3) is 3.64. The number of benzene rings is 1. The van der Waals surface area contributed by atoms with Crippen LogP contribution in [0.15, 0.2) is 24.5 Å². The summed E-state index contributed by atoms with van der Waals surface area (Å²) in [6.07, 6.45) is 1.72. The van der Waals surface area contributed by atoms with Gasteiger partial charge < -0.3 is 24.7 Å². The van der Waals surface area contributed by atoms with E-state index in [-0.39, 0.29) is 31.4 Å². The van der Waals surface area contributed by atoms with Crippen LogP contribution in [0.1, 0.15) is 16.8 Å². The molecule has 2 aromatic rings. The Bertz CT molecular complexity index is 775. The van der Waals surface area contributed by atoms with Gasteiger partial charge in [0.1, 0.15) is 5.60 Å². The van der Waals surface area contributed by atoms with Crippen LogP contribution in [-0.4, -0.2) is 72.7 Å². The highest BCUT2D eigenvalue weighted by atomic mass is 16.5. The normalized spacial score (nSPS) is 21.1. The van der Waals surface area contributed by atoms with Gasteiger partial charge in [-0.25, -0.2) is 4.98 Å². The van der Waals surface area contributed by atoms with Crippen molar-refractivity contribution in [1.82, 2.24) is 20.2 Å². The van der Waals surface area contributed by atoms with Gasteiger partial charge >= 0.3 is 0 Å². The van der Waals surface area contributed by atoms with Gasteiger partial charge in [-0.05, 0) is 18.2 Å². The molecule has 1 aromatic heterocycles. The molecule has 134 valence electrons. The highest BCUT2D eigenvalue weighted by Gasteiger charge is 2.38. The smallest absolute Gasteiger partial charge is 0.254 e. The van der Waals surface area contributed by atoms with Crippen LogP contribution in [0, 0.1) is 0 Å². The van der Waals surface area contributed by atoms with Crippen molar-refractivity contribution in [2.24, 2.45) is 0 Å². The van der Waals surface area contributed by atoms with Crippen LogP contribution >= 0.6 is 0 Å². The predicted octanol–water partition coefficient (Wildman–Crippen LogP) is 0.557. The zero-order chi connectivity index (χ0) is 17.9. The lowest BCUT2D eigenvalue weighted by molar-refractivity contribution is -0.131. The zero-order valence-corrected chi connectivity index (χ0v) is 14.4. The minimum Gasteiger partial charge on any atom is -0.377 e. The summed E-state index contributed by atoms with van der Waals surface area (Å²) in [6, 6.07) is 5.34. The molecule has 8 nitrogen and oxygen atoms in total. The molecule has 2 amide bonds. The van der Waals surface area contributed by atoms with Crippen molar-refractivity contribution in [2.75, 3.05) is 40.5 Å². The minimum absolute atomic E-state index is 0.125. The lowest BCUT2D eigenvalue weighted by Crippen LogP contribution is -2.50. The second kappa shape index (κ2) is 7.20. The number of rotatable bonds is 4. The van der Waals surface area contributed by atoms with Crippen LogP contribution in [0.25, 0.3) is 11.0 Å². The molecule has 1 fully saturated rings. The zero-order valence-electron chi connectivity index (χ0n) is 14.4. The van der Waals surface area contributed by atoms with Gasteiger partial charge in [-0.15, -0.1) is 0 Å². The summed E-state index contributed by atoms with van der Waals surface area (Å²) in [4.78, 5) is 33.7. The number of H-pyrrole nitrogens is 1. The number of methoxy groups -OCH3 is 1. The number of fused-ring (bicyclic) bond motifs is 1. The van der Waals surface area contributed by atoms with Gasteiger partial charge in [0.2, 0.25) is 5.91 Å². The van der Waals surface area contributed by atoms with Crippen molar-refractivity contribution in [3.63, 3.8) is 0 Å². The lowest BCUT2D eigenvalue weighted by atomic mass is 9.98. The summed E-state index contributed by atoms with van der Waals surface area (Å²) in [5.74, 6) is -0.279. The molecule has 1 atom stereocenters. The van der Waals surface area contributed by atoms with E-state index in [9.17, 15) is 9.59 Å². The summed E-state index contributed by atoms with van der Waals surface area (Å²) < 4.78 is 11.2. The van der Waals surface area contributed by atoms with Gasteiger partial charge in [-0.1, -0.05) is 0 Å². The Morgan fingerprint density at radius 1 is 1.48 bits per heavy atom. The maximum absolute atomic E-state index is 13.0. The van der Waals surface area contributed by atoms with E-state index in [4.69, 9.17) is 9.47 Å². The highest BCUT2D eigenvalue weighted by Crippen LogP contribution is 2.23. The summed E-state index contributed by atoms with van der Waals surface area (Å²) in [7, 11) is 3.11. The number of hydrogen-bond donors (Lipinski definition) is 2. The van der Waals surface area contributed by atoms with Crippen LogP contribution in [0.3, 0.4) is 0 Å². The van der Waals surface area contributed by atoms with Gasteiger partial charge in [0.05, 0.1) is 43.5 Å². The van der Waals surface area contributed by atoms with Crippen molar-refractivity contribution < 1.29 is 19.1 Å². The maximum Gasteiger partial charge on any atom is 0.254 e. The first kappa shape index (κ1) is 17.4. The predicted molar refractivity (Wildman–Crippen MR) is 91.2 cm³/mol. The van der Waals surface area contributed by atoms with E-state index in [1.807, 2.05) is 6.07 Å². The van der Waals surface area contributed by atoms with E-state index in [0.29, 0.717) is 18.7 Å². The molecular formula is C17H22N4O4. The van der Waals surface area contributed by atoms with E-state index in [1.54, 1.807) is 30.4 Å². The van der Waals surface area contributed by atoms with E-state index < -0.39 is 5.60 Å². The molecule has 1 aliphatic heterocycles. The van der Waals surface area contributed by atoms with Crippen LogP contribution in [0.2, 0.25) is 0 Å². The molecule has 0 radical (unpaired) electrons. The summed E-state index contributed by atoms with van der Waals surface area (Å²) >= 11 is 0. The number of carbonyl (C=O) groups excluding carboxylic acids is 2. The Kier molecular flexibility index (Phi) is 5.00. The topological polar surface area (TPSA) is 96.6 Å². The molecule has 0 unspecified atom stereocenters. The van der Waals surface area contributed by atoms with Gasteiger partial charge in [-0.2, -0.15) is 0 Å². The number of aromatic amines is 1. The van der Waals surface area contributed by atoms with Crippen molar-refractivity contribution in [3.8, 4) is 0 Å². The van der Waals surface area contributed by atoms with Gasteiger partial charge in [0.15, 0.2) is 0 Å². The largest absolute Gasteiger partial charge is 0.377 e. The maximum atomic E-state index is 13.0. The van der Waals surface area contributed by atoms with Crippen molar-refractivity contribution in [3.05, 3.63) is 30.1 Å². The molecule has 8 heteroatoms. The standard InChI is InChI=1S/C17H22N4O4/c1-18-15(22)8-17(24-2)9-21(5-6-25-10-17)16(23)12-3-4-13-14(7-12)20-11-19-13/h3-4,7,11H,5-6,8-10H2,1-2H3,(H,18,22)(H,19,20)/t17-/m1/s1. The highest BCUT2D eigenvalue weighted by molar-refractivity contribution is 5.97. The molecule has 1 aromatic carbocycles. The lowest BCUT2D eigenvalue weighted by Gasteiger charge is -2.33. The molecule has 2 N–H and O–H groups in total. The first-order valence-corrected chi connectivity index (χ1v) is 8.13. The number of hydrogen-bond acceptors (Lipinski definition) is 5. The molecule has 0 spiro atoms. The molecule has 1 aliphatic rings. The summed E-state index contributed by atoms with van der Waals surface area (Å²) in [5, 5.41) is 2.60. The molecule has 25 heavy (non-hydrogen) atoms. The monoisotopic (exact) mass is 346 g/mol. The average Bonchev–Trinajstić information content (AvgIpc) is 3.00. The fraction of sp³-hybridized carbons (Fsp3) is 0.471. The fourth-order valence-corrected chi connectivity index (χ4v) is 3.01. The number of nitrogens with zero attached hydrogens (tertiary/aromatic N) is 2. The SMILES string of the molecule is CNC(=O)C[C@]1(OC)COCCN(C(=O)c2ccc3nc[nH]c3c2)C1. The first-order chi connectivity index (χ1) is 12.1. The van der Waals surface area contributed by atoms with Crippen molar-refractivity contribution in [2.45, 2.75) is 12.0 Å². The number of nitrogens with one attached hydrogen (secondary N) is 2. The van der Waals surface area contributed by atoms with Gasteiger partial charge in [0.25, 0.3) is 5.91 Å². The molecule has 3 rings (SSSR count). The number of aromatic nitrogens is 2. The quantitative estimate of drug-likeness (QED) is 0.843. The molecule has 0 saturated carbocycles. The Hall–Kier alpha value is -2.45. The Balaban J connectivity index is 1.83. The molecule has 1 saturated heterocycles. The van der Waals surface area contributed by atoms with Crippen LogP contribution < -0.4 is 5.32 Å². The van der Waals surface area contributed by atoms with E-state index in [2.05, 4.69) is 15.3 Å². The number of carbonyl (C=O) groups is 2. The number of ether oxygens (including phenoxy) is 2. The van der Waals surface area contributed by atoms with Crippen molar-refractivity contribution in [1.29, 1.82) is 0 Å². The van der Waals surface area contributed by atoms with Crippen LogP contribution in [0.5, 0.6) is 0 Å². The van der Waals surface area contributed by atoms with E-state index >= 15 is 0 Å². The second-order valence-corrected chi connectivity index (χ2v) is 6.15. The summed E-state index contributed by atoms with van der Waals surface area (Å²) in [5.41, 5.74) is 1.31. The Morgan fingerprint density at radius 3 is 3.08 bits per heavy atom. The van der Waals surface area contributed by atoms with Gasteiger partial charge in [-0.3, -0.25) is 9.59 Å².